The van der Waals surface area contributed by atoms with Gasteiger partial charge in [0.1, 0.15) is 0 Å². The third-order valence-corrected chi connectivity index (χ3v) is 4.85. The summed E-state index contributed by atoms with van der Waals surface area (Å²) in [5.74, 6) is 0.172. The highest BCUT2D eigenvalue weighted by atomic mass is 35.5. The minimum atomic E-state index is -3.36. The van der Waals surface area contributed by atoms with Gasteiger partial charge in [-0.25, -0.2) is 13.1 Å². The molecule has 0 saturated heterocycles. The fraction of sp³-hybridized carbons (Fsp3) is 0.533. The zero-order valence-corrected chi connectivity index (χ0v) is 13.9. The predicted octanol–water partition coefficient (Wildman–Crippen LogP) is 3.65. The molecular formula is C15H21ClN2O2S. The Morgan fingerprint density at radius 3 is 2.38 bits per heavy atom. The molecule has 1 atom stereocenters. The van der Waals surface area contributed by atoms with Gasteiger partial charge in [0.2, 0.25) is 10.0 Å². The molecule has 116 valence electrons. The molecule has 6 heteroatoms. The maximum absolute atomic E-state index is 12.1. The molecule has 0 saturated carbocycles. The lowest BCUT2D eigenvalue weighted by Crippen LogP contribution is -2.33. The molecule has 0 fully saturated rings. The van der Waals surface area contributed by atoms with Crippen molar-refractivity contribution in [3.63, 3.8) is 0 Å². The van der Waals surface area contributed by atoms with Crippen LogP contribution in [0, 0.1) is 17.2 Å². The molecule has 0 spiro atoms. The lowest BCUT2D eigenvalue weighted by atomic mass is 9.97. The summed E-state index contributed by atoms with van der Waals surface area (Å²) in [6.45, 7) is 3.94. The van der Waals surface area contributed by atoms with Crippen molar-refractivity contribution in [2.45, 2.75) is 39.2 Å². The van der Waals surface area contributed by atoms with Crippen molar-refractivity contribution < 1.29 is 8.42 Å². The highest BCUT2D eigenvalue weighted by molar-refractivity contribution is 7.89. The Bertz CT molecular complexity index is 577. The highest BCUT2D eigenvalue weighted by Crippen LogP contribution is 2.24. The van der Waals surface area contributed by atoms with Crippen LogP contribution < -0.4 is 4.72 Å². The first kappa shape index (κ1) is 18.0. The number of hydrogen-bond acceptors (Lipinski definition) is 3. The van der Waals surface area contributed by atoms with E-state index in [-0.39, 0.29) is 17.7 Å². The zero-order valence-electron chi connectivity index (χ0n) is 12.3. The van der Waals surface area contributed by atoms with E-state index in [1.165, 1.54) is 0 Å². The molecule has 0 amide bonds. The lowest BCUT2D eigenvalue weighted by molar-refractivity contribution is 0.462. The van der Waals surface area contributed by atoms with Crippen LogP contribution in [-0.4, -0.2) is 14.2 Å². The van der Waals surface area contributed by atoms with Crippen LogP contribution >= 0.6 is 11.6 Å². The second kappa shape index (κ2) is 8.38. The Labute approximate surface area is 132 Å². The normalized spacial score (nSPS) is 13.1. The van der Waals surface area contributed by atoms with Crippen molar-refractivity contribution in [3.8, 4) is 6.07 Å². The van der Waals surface area contributed by atoms with Gasteiger partial charge in [-0.2, -0.15) is 5.26 Å². The van der Waals surface area contributed by atoms with E-state index in [1.807, 2.05) is 32.0 Å². The molecule has 1 rings (SSSR count). The topological polar surface area (TPSA) is 70.0 Å². The smallest absolute Gasteiger partial charge is 0.212 e. The van der Waals surface area contributed by atoms with Crippen LogP contribution in [0.4, 0.5) is 0 Å². The highest BCUT2D eigenvalue weighted by Gasteiger charge is 2.22. The van der Waals surface area contributed by atoms with Crippen molar-refractivity contribution in [2.24, 2.45) is 5.92 Å². The van der Waals surface area contributed by atoms with Gasteiger partial charge in [-0.15, -0.1) is 0 Å². The van der Waals surface area contributed by atoms with Crippen LogP contribution in [0.15, 0.2) is 24.3 Å². The van der Waals surface area contributed by atoms with Crippen molar-refractivity contribution in [3.05, 3.63) is 34.9 Å². The first-order valence-corrected chi connectivity index (χ1v) is 9.01. The number of benzene rings is 1. The van der Waals surface area contributed by atoms with E-state index in [4.69, 9.17) is 16.9 Å². The van der Waals surface area contributed by atoms with Crippen LogP contribution in [0.3, 0.4) is 0 Å². The number of nitrogens with one attached hydrogen (secondary N) is 1. The molecule has 0 unspecified atom stereocenters. The Morgan fingerprint density at radius 1 is 1.24 bits per heavy atom. The summed E-state index contributed by atoms with van der Waals surface area (Å²) in [7, 11) is -3.36. The fourth-order valence-electron chi connectivity index (χ4n) is 2.01. The van der Waals surface area contributed by atoms with Crippen LogP contribution in [-0.2, 0) is 10.0 Å². The fourth-order valence-corrected chi connectivity index (χ4v) is 3.63. The molecule has 0 aromatic heterocycles. The van der Waals surface area contributed by atoms with Crippen molar-refractivity contribution >= 4 is 21.6 Å². The van der Waals surface area contributed by atoms with E-state index in [2.05, 4.69) is 4.72 Å². The van der Waals surface area contributed by atoms with Gasteiger partial charge >= 0.3 is 0 Å². The summed E-state index contributed by atoms with van der Waals surface area (Å²) in [6.07, 6.45) is 1.49. The third-order valence-electron chi connectivity index (χ3n) is 3.15. The average Bonchev–Trinajstić information content (AvgIpc) is 2.42. The van der Waals surface area contributed by atoms with Crippen molar-refractivity contribution in [1.82, 2.24) is 4.72 Å². The molecule has 0 heterocycles. The van der Waals surface area contributed by atoms with Gasteiger partial charge in [0, 0.05) is 17.5 Å². The van der Waals surface area contributed by atoms with Gasteiger partial charge < -0.3 is 0 Å². The van der Waals surface area contributed by atoms with Crippen molar-refractivity contribution in [2.75, 3.05) is 5.75 Å². The van der Waals surface area contributed by atoms with E-state index < -0.39 is 10.0 Å². The summed E-state index contributed by atoms with van der Waals surface area (Å²) < 4.78 is 27.0. The maximum atomic E-state index is 12.1. The monoisotopic (exact) mass is 328 g/mol. The molecule has 0 aliphatic rings. The Morgan fingerprint density at radius 2 is 1.86 bits per heavy atom. The number of nitriles is 1. The lowest BCUT2D eigenvalue weighted by Gasteiger charge is -2.23. The summed E-state index contributed by atoms with van der Waals surface area (Å²) in [4.78, 5) is 0. The predicted molar refractivity (Wildman–Crippen MR) is 85.4 cm³/mol. The molecule has 0 radical (unpaired) electrons. The molecule has 1 aromatic carbocycles. The molecule has 4 nitrogen and oxygen atoms in total. The Kier molecular flexibility index (Phi) is 7.16. The van der Waals surface area contributed by atoms with E-state index >= 15 is 0 Å². The first-order valence-electron chi connectivity index (χ1n) is 6.98. The maximum Gasteiger partial charge on any atom is 0.212 e. The molecule has 21 heavy (non-hydrogen) atoms. The van der Waals surface area contributed by atoms with Gasteiger partial charge in [0.05, 0.1) is 11.8 Å². The van der Waals surface area contributed by atoms with Gasteiger partial charge in [0.25, 0.3) is 0 Å². The molecule has 0 bridgehead atoms. The number of nitrogens with zero attached hydrogens (tertiary/aromatic N) is 1. The Balaban J connectivity index is 2.74. The summed E-state index contributed by atoms with van der Waals surface area (Å²) in [5.41, 5.74) is 0.898. The second-order valence-corrected chi connectivity index (χ2v) is 7.64. The quantitative estimate of drug-likeness (QED) is 0.740. The minimum absolute atomic E-state index is 0.0471. The van der Waals surface area contributed by atoms with Crippen LogP contribution in [0.25, 0.3) is 0 Å². The number of unbranched alkanes of at least 4 members (excludes halogenated alkanes) is 2. The van der Waals surface area contributed by atoms with E-state index in [1.54, 1.807) is 12.1 Å². The SMILES string of the molecule is CC(C)[C@H](NS(=O)(=O)CCCCC#N)c1ccc(Cl)cc1. The van der Waals surface area contributed by atoms with Gasteiger partial charge in [-0.3, -0.25) is 0 Å². The summed E-state index contributed by atoms with van der Waals surface area (Å²) in [5, 5.41) is 9.08. The molecule has 1 N–H and O–H groups in total. The number of rotatable bonds is 8. The molecule has 0 aliphatic carbocycles. The van der Waals surface area contributed by atoms with E-state index in [0.29, 0.717) is 24.3 Å². The summed E-state index contributed by atoms with van der Waals surface area (Å²) >= 11 is 5.86. The summed E-state index contributed by atoms with van der Waals surface area (Å²) in [6, 6.07) is 8.93. The van der Waals surface area contributed by atoms with Crippen LogP contribution in [0.1, 0.15) is 44.7 Å². The number of halogens is 1. The molecular weight excluding hydrogens is 308 g/mol. The number of hydrogen-bond donors (Lipinski definition) is 1. The Hall–Kier alpha value is -1.09. The third kappa shape index (κ3) is 6.47. The van der Waals surface area contributed by atoms with Crippen LogP contribution in [0.5, 0.6) is 0 Å². The van der Waals surface area contributed by atoms with Gasteiger partial charge in [0.15, 0.2) is 0 Å². The zero-order chi connectivity index (χ0) is 15.9. The van der Waals surface area contributed by atoms with E-state index in [9.17, 15) is 8.42 Å². The molecule has 1 aromatic rings. The first-order chi connectivity index (χ1) is 9.85. The van der Waals surface area contributed by atoms with Gasteiger partial charge in [-0.05, 0) is 36.5 Å². The van der Waals surface area contributed by atoms with Crippen molar-refractivity contribution in [1.29, 1.82) is 5.26 Å². The second-order valence-electron chi connectivity index (χ2n) is 5.33. The minimum Gasteiger partial charge on any atom is -0.212 e. The standard InChI is InChI=1S/C15H21ClN2O2S/c1-12(2)15(13-6-8-14(16)9-7-13)18-21(19,20)11-5-3-4-10-17/h6-9,12,15,18H,3-5,11H2,1-2H3/t15-/m0/s1. The van der Waals surface area contributed by atoms with Crippen LogP contribution in [0.2, 0.25) is 5.02 Å². The van der Waals surface area contributed by atoms with Gasteiger partial charge in [-0.1, -0.05) is 37.6 Å². The largest absolute Gasteiger partial charge is 0.212 e. The molecule has 0 aliphatic heterocycles. The van der Waals surface area contributed by atoms with E-state index in [0.717, 1.165) is 5.56 Å². The average molecular weight is 329 g/mol. The number of sulfonamides is 1.